The summed E-state index contributed by atoms with van der Waals surface area (Å²) in [7, 11) is -3.64. The molecule has 0 aromatic carbocycles. The number of aromatic nitrogens is 5. The van der Waals surface area contributed by atoms with E-state index in [9.17, 15) is 17.2 Å². The molecule has 0 saturated heterocycles. The number of halogens is 2. The Morgan fingerprint density at radius 1 is 1.38 bits per heavy atom. The van der Waals surface area contributed by atoms with Crippen LogP contribution < -0.4 is 4.31 Å². The van der Waals surface area contributed by atoms with Crippen molar-refractivity contribution in [1.82, 2.24) is 25.0 Å². The summed E-state index contributed by atoms with van der Waals surface area (Å²) in [5.74, 6) is -0.716. The molecule has 4 heterocycles. The van der Waals surface area contributed by atoms with E-state index in [1.165, 1.54) is 10.5 Å². The van der Waals surface area contributed by atoms with E-state index in [2.05, 4.69) is 20.3 Å². The van der Waals surface area contributed by atoms with E-state index < -0.39 is 22.3 Å². The molecule has 0 amide bonds. The highest BCUT2D eigenvalue weighted by molar-refractivity contribution is 7.92. The summed E-state index contributed by atoms with van der Waals surface area (Å²) in [4.78, 5) is 4.55. The number of alkyl halides is 2. The zero-order valence-electron chi connectivity index (χ0n) is 15.2. The van der Waals surface area contributed by atoms with Crippen LogP contribution in [0.2, 0.25) is 0 Å². The van der Waals surface area contributed by atoms with Gasteiger partial charge < -0.3 is 9.15 Å². The van der Waals surface area contributed by atoms with Gasteiger partial charge in [-0.2, -0.15) is 13.9 Å². The van der Waals surface area contributed by atoms with Gasteiger partial charge in [0.2, 0.25) is 10.0 Å². The number of thiazole rings is 1. The van der Waals surface area contributed by atoms with Crippen molar-refractivity contribution < 1.29 is 26.4 Å². The third-order valence-electron chi connectivity index (χ3n) is 4.17. The van der Waals surface area contributed by atoms with E-state index in [0.29, 0.717) is 29.6 Å². The Bertz CT molecular complexity index is 1090. The normalized spacial score (nSPS) is 14.3. The highest BCUT2D eigenvalue weighted by Crippen LogP contribution is 2.30. The van der Waals surface area contributed by atoms with Crippen molar-refractivity contribution in [1.29, 1.82) is 0 Å². The van der Waals surface area contributed by atoms with Crippen molar-refractivity contribution in [2.24, 2.45) is 0 Å². The van der Waals surface area contributed by atoms with Crippen LogP contribution in [0.3, 0.4) is 0 Å². The smallest absolute Gasteiger partial charge is 0.314 e. The van der Waals surface area contributed by atoms with Crippen molar-refractivity contribution in [3.8, 4) is 10.8 Å². The third-order valence-corrected chi connectivity index (χ3v) is 6.86. The van der Waals surface area contributed by atoms with Gasteiger partial charge in [0.25, 0.3) is 11.8 Å². The lowest BCUT2D eigenvalue weighted by Crippen LogP contribution is -2.32. The van der Waals surface area contributed by atoms with Gasteiger partial charge in [0.15, 0.2) is 5.82 Å². The Morgan fingerprint density at radius 3 is 2.90 bits per heavy atom. The van der Waals surface area contributed by atoms with Gasteiger partial charge in [0.1, 0.15) is 9.88 Å². The average Bonchev–Trinajstić information content (AvgIpc) is 3.44. The van der Waals surface area contributed by atoms with Crippen LogP contribution in [-0.4, -0.2) is 45.7 Å². The Balaban J connectivity index is 1.62. The number of hydrogen-bond acceptors (Lipinski definition) is 9. The standard InChI is InChI=1S/C15H16F2N6O4S2/c1-2-29(24,25)23(11-5-9-8-26-4-3-22(9)21-11)7-12-18-6-10(28-12)14-19-20-15(27-14)13(16)17/h5-6,13H,2-4,7-8H2,1H3. The highest BCUT2D eigenvalue weighted by Gasteiger charge is 2.27. The second kappa shape index (κ2) is 7.76. The summed E-state index contributed by atoms with van der Waals surface area (Å²) >= 11 is 1.08. The molecular weight excluding hydrogens is 430 g/mol. The van der Waals surface area contributed by atoms with Crippen LogP contribution in [0, 0.1) is 0 Å². The third kappa shape index (κ3) is 4.00. The summed E-state index contributed by atoms with van der Waals surface area (Å²) in [6, 6.07) is 1.67. The van der Waals surface area contributed by atoms with E-state index in [-0.39, 0.29) is 24.0 Å². The number of sulfonamides is 1. The molecule has 4 rings (SSSR count). The Morgan fingerprint density at radius 2 is 2.21 bits per heavy atom. The van der Waals surface area contributed by atoms with Crippen LogP contribution in [0.15, 0.2) is 16.7 Å². The van der Waals surface area contributed by atoms with Crippen LogP contribution in [0.1, 0.15) is 29.9 Å². The lowest BCUT2D eigenvalue weighted by Gasteiger charge is -2.20. The fourth-order valence-electron chi connectivity index (χ4n) is 2.70. The predicted octanol–water partition coefficient (Wildman–Crippen LogP) is 2.21. The molecule has 3 aromatic rings. The summed E-state index contributed by atoms with van der Waals surface area (Å²) in [6.45, 7) is 2.89. The monoisotopic (exact) mass is 446 g/mol. The molecule has 14 heteroatoms. The molecule has 156 valence electrons. The number of fused-ring (bicyclic) bond motifs is 1. The number of hydrogen-bond donors (Lipinski definition) is 0. The Hall–Kier alpha value is -2.45. The zero-order valence-corrected chi connectivity index (χ0v) is 16.8. The molecule has 0 bridgehead atoms. The van der Waals surface area contributed by atoms with Crippen molar-refractivity contribution in [3.63, 3.8) is 0 Å². The van der Waals surface area contributed by atoms with Gasteiger partial charge in [-0.3, -0.25) is 4.68 Å². The average molecular weight is 446 g/mol. The second-order valence-electron chi connectivity index (χ2n) is 6.04. The molecule has 0 spiro atoms. The van der Waals surface area contributed by atoms with Crippen molar-refractivity contribution >= 4 is 27.2 Å². The van der Waals surface area contributed by atoms with Crippen LogP contribution in [0.25, 0.3) is 10.8 Å². The minimum Gasteiger partial charge on any atom is -0.414 e. The Labute approximate surface area is 168 Å². The molecular formula is C15H16F2N6O4S2. The van der Waals surface area contributed by atoms with Crippen molar-refractivity contribution in [2.75, 3.05) is 16.7 Å². The van der Waals surface area contributed by atoms with E-state index in [1.54, 1.807) is 17.7 Å². The maximum absolute atomic E-state index is 12.7. The minimum absolute atomic E-state index is 0.0615. The summed E-state index contributed by atoms with van der Waals surface area (Å²) in [5.41, 5.74) is 0.785. The molecule has 0 atom stereocenters. The van der Waals surface area contributed by atoms with E-state index in [0.717, 1.165) is 17.0 Å². The van der Waals surface area contributed by atoms with Crippen LogP contribution in [0.5, 0.6) is 0 Å². The fourth-order valence-corrected chi connectivity index (χ4v) is 4.62. The first-order valence-electron chi connectivity index (χ1n) is 8.59. The maximum Gasteiger partial charge on any atom is 0.314 e. The summed E-state index contributed by atoms with van der Waals surface area (Å²) in [6.07, 6.45) is -1.49. The first-order chi connectivity index (χ1) is 13.9. The molecule has 1 aliphatic rings. The van der Waals surface area contributed by atoms with Gasteiger partial charge in [-0.15, -0.1) is 21.5 Å². The van der Waals surface area contributed by atoms with Gasteiger partial charge in [-0.25, -0.2) is 17.7 Å². The number of anilines is 1. The molecule has 29 heavy (non-hydrogen) atoms. The summed E-state index contributed by atoms with van der Waals surface area (Å²) < 4.78 is 63.8. The quantitative estimate of drug-likeness (QED) is 0.542. The molecule has 0 saturated carbocycles. The van der Waals surface area contributed by atoms with Crippen LogP contribution >= 0.6 is 11.3 Å². The van der Waals surface area contributed by atoms with E-state index in [1.807, 2.05) is 0 Å². The predicted molar refractivity (Wildman–Crippen MR) is 97.9 cm³/mol. The number of ether oxygens (including phenoxy) is 1. The molecule has 0 radical (unpaired) electrons. The largest absolute Gasteiger partial charge is 0.414 e. The second-order valence-corrected chi connectivity index (χ2v) is 9.34. The lowest BCUT2D eigenvalue weighted by molar-refractivity contribution is 0.0801. The minimum atomic E-state index is -3.64. The van der Waals surface area contributed by atoms with Crippen molar-refractivity contribution in [2.45, 2.75) is 33.0 Å². The maximum atomic E-state index is 12.7. The SMILES string of the molecule is CCS(=O)(=O)N(Cc1ncc(-c2nnc(C(F)F)o2)s1)c1cc2n(n1)CCOC2. The van der Waals surface area contributed by atoms with Gasteiger partial charge in [0.05, 0.1) is 43.9 Å². The van der Waals surface area contributed by atoms with Gasteiger partial charge >= 0.3 is 6.43 Å². The molecule has 1 aliphatic heterocycles. The van der Waals surface area contributed by atoms with E-state index in [4.69, 9.17) is 9.15 Å². The van der Waals surface area contributed by atoms with Gasteiger partial charge in [-0.05, 0) is 6.92 Å². The molecule has 3 aromatic heterocycles. The first kappa shape index (κ1) is 19.8. The lowest BCUT2D eigenvalue weighted by atomic mass is 10.4. The zero-order chi connectivity index (χ0) is 20.6. The molecule has 0 fully saturated rings. The number of rotatable bonds is 7. The highest BCUT2D eigenvalue weighted by atomic mass is 32.2. The molecule has 10 nitrogen and oxygen atoms in total. The van der Waals surface area contributed by atoms with Crippen molar-refractivity contribution in [3.05, 3.63) is 28.9 Å². The molecule has 0 N–H and O–H groups in total. The summed E-state index contributed by atoms with van der Waals surface area (Å²) in [5, 5.41) is 11.7. The van der Waals surface area contributed by atoms with Crippen LogP contribution in [-0.2, 0) is 34.5 Å². The van der Waals surface area contributed by atoms with E-state index >= 15 is 0 Å². The number of nitrogens with zero attached hydrogens (tertiary/aromatic N) is 6. The fraction of sp³-hybridized carbons (Fsp3) is 0.467. The topological polar surface area (TPSA) is 116 Å². The van der Waals surface area contributed by atoms with Crippen LogP contribution in [0.4, 0.5) is 14.6 Å². The van der Waals surface area contributed by atoms with Gasteiger partial charge in [-0.1, -0.05) is 0 Å². The Kier molecular flexibility index (Phi) is 5.31. The molecule has 0 aliphatic carbocycles. The first-order valence-corrected chi connectivity index (χ1v) is 11.0. The molecule has 0 unspecified atom stereocenters. The van der Waals surface area contributed by atoms with Gasteiger partial charge in [0, 0.05) is 6.07 Å².